The largest absolute Gasteiger partial charge is 0.476 e. The third kappa shape index (κ3) is 5.29. The van der Waals surface area contributed by atoms with Gasteiger partial charge in [0.1, 0.15) is 5.25 Å². The van der Waals surface area contributed by atoms with Crippen molar-refractivity contribution in [1.29, 1.82) is 0 Å². The highest BCUT2D eigenvalue weighted by molar-refractivity contribution is 7.86. The molecule has 4 rings (SSSR count). The van der Waals surface area contributed by atoms with Gasteiger partial charge >= 0.3 is 0 Å². The van der Waals surface area contributed by atoms with Crippen LogP contribution >= 0.6 is 24.0 Å². The minimum absolute atomic E-state index is 0. The lowest BCUT2D eigenvalue weighted by Crippen LogP contribution is -2.49. The number of primary amides is 1. The average molecular weight is 547 g/mol. The SMILES string of the molecule is CCC(C(Oc1cc2c(cc1F)CCNC2C1(c2ccc(Cl)cc2)CCC1)C(N)=O)S(=O)(=O)O.Cl. The lowest BCUT2D eigenvalue weighted by Gasteiger charge is -2.50. The molecule has 11 heteroatoms. The second-order valence-corrected chi connectivity index (χ2v) is 11.1. The van der Waals surface area contributed by atoms with Gasteiger partial charge in [-0.15, -0.1) is 12.4 Å². The van der Waals surface area contributed by atoms with Gasteiger partial charge in [-0.05, 0) is 73.2 Å². The number of nitrogens with one attached hydrogen (secondary N) is 1. The van der Waals surface area contributed by atoms with Crippen molar-refractivity contribution in [2.24, 2.45) is 5.73 Å². The van der Waals surface area contributed by atoms with Crippen molar-refractivity contribution in [3.8, 4) is 5.75 Å². The number of fused-ring (bicyclic) bond motifs is 1. The van der Waals surface area contributed by atoms with E-state index >= 15 is 4.39 Å². The Labute approximate surface area is 215 Å². The minimum atomic E-state index is -4.65. The molecular formula is C24H29Cl2FN2O5S. The van der Waals surface area contributed by atoms with Crippen molar-refractivity contribution < 1.29 is 26.9 Å². The molecule has 3 atom stereocenters. The summed E-state index contributed by atoms with van der Waals surface area (Å²) < 4.78 is 53.7. The molecule has 2 aliphatic rings. The van der Waals surface area contributed by atoms with Gasteiger partial charge in [0.25, 0.3) is 16.0 Å². The van der Waals surface area contributed by atoms with E-state index in [2.05, 4.69) is 5.32 Å². The molecule has 7 nitrogen and oxygen atoms in total. The van der Waals surface area contributed by atoms with E-state index < -0.39 is 33.2 Å². The lowest BCUT2D eigenvalue weighted by atomic mass is 9.58. The van der Waals surface area contributed by atoms with Crippen molar-refractivity contribution in [3.63, 3.8) is 0 Å². The number of hydrogen-bond donors (Lipinski definition) is 3. The number of hydrogen-bond acceptors (Lipinski definition) is 5. The fourth-order valence-corrected chi connectivity index (χ4v) is 6.31. The Balaban J connectivity index is 0.00000342. The van der Waals surface area contributed by atoms with Crippen LogP contribution in [-0.4, -0.2) is 36.8 Å². The van der Waals surface area contributed by atoms with Gasteiger partial charge in [-0.3, -0.25) is 9.35 Å². The molecule has 2 aromatic carbocycles. The van der Waals surface area contributed by atoms with Crippen molar-refractivity contribution in [2.45, 2.75) is 61.8 Å². The Kier molecular flexibility index (Phi) is 8.38. The molecule has 192 valence electrons. The van der Waals surface area contributed by atoms with Crippen LogP contribution in [-0.2, 0) is 26.7 Å². The standard InChI is InChI=1S/C24H28ClFN2O5S.ClH/c1-2-20(34(30,31)32)21(23(27)29)33-19-13-17-14(12-18(19)26)8-11-28-22(17)24(9-3-10-24)15-4-6-16(25)7-5-15;/h4-7,12-13,20-22,28H,2-3,8-11H2,1H3,(H2,27,29)(H,30,31,32);1H. The summed E-state index contributed by atoms with van der Waals surface area (Å²) in [6.07, 6.45) is 1.66. The van der Waals surface area contributed by atoms with E-state index in [-0.39, 0.29) is 36.0 Å². The molecule has 0 bridgehead atoms. The number of ether oxygens (including phenoxy) is 1. The summed E-state index contributed by atoms with van der Waals surface area (Å²) in [7, 11) is -4.65. The van der Waals surface area contributed by atoms with E-state index in [9.17, 15) is 17.8 Å². The van der Waals surface area contributed by atoms with Crippen molar-refractivity contribution in [1.82, 2.24) is 5.32 Å². The normalized spacial score (nSPS) is 20.5. The molecule has 4 N–H and O–H groups in total. The van der Waals surface area contributed by atoms with Crippen LogP contribution in [0.2, 0.25) is 5.02 Å². The van der Waals surface area contributed by atoms with Gasteiger partial charge in [0.15, 0.2) is 17.7 Å². The summed E-state index contributed by atoms with van der Waals surface area (Å²) in [5, 5.41) is 2.61. The predicted molar refractivity (Wildman–Crippen MR) is 134 cm³/mol. The summed E-state index contributed by atoms with van der Waals surface area (Å²) in [5.74, 6) is -2.10. The molecular weight excluding hydrogens is 518 g/mol. The van der Waals surface area contributed by atoms with Gasteiger partial charge in [-0.25, -0.2) is 4.39 Å². The molecule has 0 aromatic heterocycles. The summed E-state index contributed by atoms with van der Waals surface area (Å²) in [6.45, 7) is 2.14. The fourth-order valence-electron chi connectivity index (χ4n) is 5.26. The highest BCUT2D eigenvalue weighted by atomic mass is 35.5. The first-order chi connectivity index (χ1) is 16.1. The molecule has 1 amide bonds. The zero-order valence-electron chi connectivity index (χ0n) is 19.2. The van der Waals surface area contributed by atoms with E-state index in [1.165, 1.54) is 19.1 Å². The van der Waals surface area contributed by atoms with Gasteiger partial charge in [0.05, 0.1) is 0 Å². The molecule has 1 fully saturated rings. The van der Waals surface area contributed by atoms with Gasteiger partial charge in [-0.2, -0.15) is 8.42 Å². The first kappa shape index (κ1) is 27.7. The van der Waals surface area contributed by atoms with Crippen LogP contribution in [0, 0.1) is 5.82 Å². The van der Waals surface area contributed by atoms with Crippen LogP contribution in [0.1, 0.15) is 55.3 Å². The summed E-state index contributed by atoms with van der Waals surface area (Å²) in [6, 6.07) is 10.5. The smallest absolute Gasteiger partial charge is 0.272 e. The molecule has 0 spiro atoms. The molecule has 1 saturated carbocycles. The maximum Gasteiger partial charge on any atom is 0.272 e. The highest BCUT2D eigenvalue weighted by Gasteiger charge is 2.48. The quantitative estimate of drug-likeness (QED) is 0.428. The predicted octanol–water partition coefficient (Wildman–Crippen LogP) is 4.11. The van der Waals surface area contributed by atoms with Crippen molar-refractivity contribution in [2.75, 3.05) is 6.54 Å². The van der Waals surface area contributed by atoms with E-state index in [0.29, 0.717) is 18.0 Å². The van der Waals surface area contributed by atoms with Crippen LogP contribution in [0.25, 0.3) is 0 Å². The topological polar surface area (TPSA) is 119 Å². The van der Waals surface area contributed by atoms with Crippen LogP contribution in [0.4, 0.5) is 4.39 Å². The Bertz CT molecular complexity index is 1190. The monoisotopic (exact) mass is 546 g/mol. The van der Waals surface area contributed by atoms with E-state index in [1.54, 1.807) is 0 Å². The van der Waals surface area contributed by atoms with Gasteiger partial charge in [0, 0.05) is 16.5 Å². The molecule has 35 heavy (non-hydrogen) atoms. The number of benzene rings is 2. The number of amides is 1. The van der Waals surface area contributed by atoms with E-state index in [1.807, 2.05) is 24.3 Å². The van der Waals surface area contributed by atoms with E-state index in [0.717, 1.165) is 36.0 Å². The van der Waals surface area contributed by atoms with Gasteiger partial charge in [-0.1, -0.05) is 37.1 Å². The lowest BCUT2D eigenvalue weighted by molar-refractivity contribution is -0.125. The molecule has 1 aliphatic carbocycles. The third-order valence-corrected chi connectivity index (χ3v) is 8.72. The van der Waals surface area contributed by atoms with Crippen molar-refractivity contribution in [3.05, 3.63) is 63.9 Å². The summed E-state index contributed by atoms with van der Waals surface area (Å²) in [5.41, 5.74) is 7.96. The minimum Gasteiger partial charge on any atom is -0.476 e. The first-order valence-corrected chi connectivity index (χ1v) is 13.2. The summed E-state index contributed by atoms with van der Waals surface area (Å²) >= 11 is 6.10. The Morgan fingerprint density at radius 2 is 1.97 bits per heavy atom. The Morgan fingerprint density at radius 3 is 2.49 bits per heavy atom. The second-order valence-electron chi connectivity index (χ2n) is 9.04. The van der Waals surface area contributed by atoms with Gasteiger partial charge < -0.3 is 15.8 Å². The zero-order chi connectivity index (χ0) is 24.7. The fraction of sp³-hybridized carbons (Fsp3) is 0.458. The van der Waals surface area contributed by atoms with Crippen LogP contribution < -0.4 is 15.8 Å². The maximum atomic E-state index is 15.0. The Morgan fingerprint density at radius 1 is 1.31 bits per heavy atom. The molecule has 0 radical (unpaired) electrons. The van der Waals surface area contributed by atoms with Crippen LogP contribution in [0.15, 0.2) is 36.4 Å². The molecule has 1 heterocycles. The second kappa shape index (κ2) is 10.6. The third-order valence-electron chi connectivity index (χ3n) is 7.12. The highest BCUT2D eigenvalue weighted by Crippen LogP contribution is 2.54. The maximum absolute atomic E-state index is 15.0. The van der Waals surface area contributed by atoms with Crippen molar-refractivity contribution >= 4 is 40.0 Å². The number of carbonyl (C=O) groups excluding carboxylic acids is 1. The molecule has 2 aromatic rings. The van der Waals surface area contributed by atoms with Gasteiger partial charge in [0.2, 0.25) is 0 Å². The van der Waals surface area contributed by atoms with Crippen LogP contribution in [0.5, 0.6) is 5.75 Å². The number of rotatable bonds is 8. The first-order valence-electron chi connectivity index (χ1n) is 11.3. The molecule has 1 aliphatic heterocycles. The Hall–Kier alpha value is -1.91. The zero-order valence-corrected chi connectivity index (χ0v) is 21.6. The number of carbonyl (C=O) groups is 1. The molecule has 3 unspecified atom stereocenters. The average Bonchev–Trinajstić information content (AvgIpc) is 2.73. The molecule has 0 saturated heterocycles. The van der Waals surface area contributed by atoms with E-state index in [4.69, 9.17) is 22.1 Å². The van der Waals surface area contributed by atoms with Crippen LogP contribution in [0.3, 0.4) is 0 Å². The summed E-state index contributed by atoms with van der Waals surface area (Å²) in [4.78, 5) is 12.0. The number of halogens is 3. The number of nitrogens with two attached hydrogens (primary N) is 1.